The number of anilines is 1. The number of carbonyl (C=O) groups is 2. The Kier molecular flexibility index (Phi) is 5.63. The standard InChI is InChI=1S/C15H15N3O6/c19-12(13-2-1-9-24-13)7-8-16-14(20)15(21)17-10-3-5-11(6-4-10)18(22)23/h1-6,9,12,19H,7-8H2,(H,16,20)(H,17,21). The Morgan fingerprint density at radius 1 is 1.21 bits per heavy atom. The molecule has 1 unspecified atom stereocenters. The topological polar surface area (TPSA) is 135 Å². The third-order valence-corrected chi connectivity index (χ3v) is 3.12. The molecule has 1 atom stereocenters. The third kappa shape index (κ3) is 4.65. The molecule has 0 saturated heterocycles. The second-order valence-corrected chi connectivity index (χ2v) is 4.83. The third-order valence-electron chi connectivity index (χ3n) is 3.12. The number of hydrogen-bond donors (Lipinski definition) is 3. The van der Waals surface area contributed by atoms with E-state index in [4.69, 9.17) is 4.42 Å². The zero-order chi connectivity index (χ0) is 17.5. The van der Waals surface area contributed by atoms with Gasteiger partial charge >= 0.3 is 11.8 Å². The average molecular weight is 333 g/mol. The highest BCUT2D eigenvalue weighted by Crippen LogP contribution is 2.16. The molecule has 1 aromatic carbocycles. The van der Waals surface area contributed by atoms with Crippen molar-refractivity contribution in [1.82, 2.24) is 5.32 Å². The molecule has 0 radical (unpaired) electrons. The van der Waals surface area contributed by atoms with E-state index < -0.39 is 22.8 Å². The molecule has 9 heteroatoms. The second-order valence-electron chi connectivity index (χ2n) is 4.83. The molecule has 1 aromatic heterocycles. The fraction of sp³-hybridized carbons (Fsp3) is 0.200. The molecule has 2 rings (SSSR count). The highest BCUT2D eigenvalue weighted by molar-refractivity contribution is 6.39. The van der Waals surface area contributed by atoms with E-state index in [2.05, 4.69) is 10.6 Å². The molecule has 0 aliphatic heterocycles. The maximum Gasteiger partial charge on any atom is 0.313 e. The van der Waals surface area contributed by atoms with Gasteiger partial charge in [-0.2, -0.15) is 0 Å². The number of carbonyl (C=O) groups excluding carboxylic acids is 2. The van der Waals surface area contributed by atoms with Crippen molar-refractivity contribution < 1.29 is 24.0 Å². The summed E-state index contributed by atoms with van der Waals surface area (Å²) in [4.78, 5) is 33.3. The quantitative estimate of drug-likeness (QED) is 0.415. The summed E-state index contributed by atoms with van der Waals surface area (Å²) in [5.74, 6) is -1.41. The van der Waals surface area contributed by atoms with Crippen molar-refractivity contribution >= 4 is 23.2 Å². The van der Waals surface area contributed by atoms with Crippen LogP contribution >= 0.6 is 0 Å². The lowest BCUT2D eigenvalue weighted by Gasteiger charge is -2.09. The second kappa shape index (κ2) is 7.88. The molecule has 0 bridgehead atoms. The summed E-state index contributed by atoms with van der Waals surface area (Å²) in [6.45, 7) is 0.0778. The number of nitro benzene ring substituents is 1. The van der Waals surface area contributed by atoms with Crippen molar-refractivity contribution in [2.75, 3.05) is 11.9 Å². The molecular formula is C15H15N3O6. The molecule has 126 valence electrons. The highest BCUT2D eigenvalue weighted by atomic mass is 16.6. The molecule has 1 heterocycles. The van der Waals surface area contributed by atoms with Crippen LogP contribution in [0.15, 0.2) is 47.1 Å². The van der Waals surface area contributed by atoms with Gasteiger partial charge in [0.1, 0.15) is 11.9 Å². The Labute approximate surface area is 136 Å². The predicted octanol–water partition coefficient (Wildman–Crippen LogP) is 1.37. The fourth-order valence-electron chi connectivity index (χ4n) is 1.88. The maximum absolute atomic E-state index is 11.7. The number of nitrogens with one attached hydrogen (secondary N) is 2. The number of aliphatic hydroxyl groups is 1. The first-order chi connectivity index (χ1) is 11.5. The van der Waals surface area contributed by atoms with Gasteiger partial charge in [0.25, 0.3) is 5.69 Å². The first-order valence-corrected chi connectivity index (χ1v) is 7.02. The summed E-state index contributed by atoms with van der Waals surface area (Å²) in [5, 5.41) is 25.0. The van der Waals surface area contributed by atoms with Gasteiger partial charge in [-0.25, -0.2) is 0 Å². The smallest absolute Gasteiger partial charge is 0.313 e. The Morgan fingerprint density at radius 2 is 1.92 bits per heavy atom. The number of hydrogen-bond acceptors (Lipinski definition) is 6. The van der Waals surface area contributed by atoms with Crippen LogP contribution in [-0.2, 0) is 9.59 Å². The first-order valence-electron chi connectivity index (χ1n) is 7.02. The Balaban J connectivity index is 1.77. The van der Waals surface area contributed by atoms with Crippen molar-refractivity contribution in [2.24, 2.45) is 0 Å². The Bertz CT molecular complexity index is 711. The van der Waals surface area contributed by atoms with Gasteiger partial charge in [-0.15, -0.1) is 0 Å². The molecule has 9 nitrogen and oxygen atoms in total. The average Bonchev–Trinajstić information content (AvgIpc) is 3.09. The molecule has 0 spiro atoms. The van der Waals surface area contributed by atoms with Gasteiger partial charge in [-0.1, -0.05) is 0 Å². The summed E-state index contributed by atoms with van der Waals surface area (Å²) < 4.78 is 5.02. The molecule has 0 aliphatic rings. The molecule has 0 aliphatic carbocycles. The number of rotatable bonds is 6. The van der Waals surface area contributed by atoms with Gasteiger partial charge in [0.05, 0.1) is 11.2 Å². The summed E-state index contributed by atoms with van der Waals surface area (Å²) >= 11 is 0. The minimum Gasteiger partial charge on any atom is -0.467 e. The number of furan rings is 1. The van der Waals surface area contributed by atoms with Crippen molar-refractivity contribution in [3.8, 4) is 0 Å². The first kappa shape index (κ1) is 17.2. The van der Waals surface area contributed by atoms with Crippen LogP contribution in [-0.4, -0.2) is 28.4 Å². The minimum absolute atomic E-state index is 0.0778. The van der Waals surface area contributed by atoms with E-state index in [1.807, 2.05) is 0 Å². The van der Waals surface area contributed by atoms with Gasteiger partial charge in [0.2, 0.25) is 0 Å². The van der Waals surface area contributed by atoms with E-state index in [9.17, 15) is 24.8 Å². The van der Waals surface area contributed by atoms with E-state index in [0.717, 1.165) is 0 Å². The van der Waals surface area contributed by atoms with Crippen LogP contribution in [0.25, 0.3) is 0 Å². The molecule has 0 saturated carbocycles. The van der Waals surface area contributed by atoms with E-state index in [-0.39, 0.29) is 24.3 Å². The molecule has 24 heavy (non-hydrogen) atoms. The van der Waals surface area contributed by atoms with E-state index in [1.54, 1.807) is 12.1 Å². The SMILES string of the molecule is O=C(NCCC(O)c1ccco1)C(=O)Nc1ccc([N+](=O)[O-])cc1. The van der Waals surface area contributed by atoms with Gasteiger partial charge in [0.15, 0.2) is 0 Å². The number of benzene rings is 1. The predicted molar refractivity (Wildman–Crippen MR) is 83.0 cm³/mol. The summed E-state index contributed by atoms with van der Waals surface area (Å²) in [7, 11) is 0. The largest absolute Gasteiger partial charge is 0.467 e. The van der Waals surface area contributed by atoms with Crippen molar-refractivity contribution in [3.63, 3.8) is 0 Å². The van der Waals surface area contributed by atoms with Crippen LogP contribution in [0, 0.1) is 10.1 Å². The molecule has 2 amide bonds. The van der Waals surface area contributed by atoms with E-state index >= 15 is 0 Å². The monoisotopic (exact) mass is 333 g/mol. The van der Waals surface area contributed by atoms with Crippen LogP contribution < -0.4 is 10.6 Å². The molecular weight excluding hydrogens is 318 g/mol. The van der Waals surface area contributed by atoms with Crippen LogP contribution in [0.4, 0.5) is 11.4 Å². The molecule has 2 aromatic rings. The zero-order valence-electron chi connectivity index (χ0n) is 12.5. The fourth-order valence-corrected chi connectivity index (χ4v) is 1.88. The lowest BCUT2D eigenvalue weighted by molar-refractivity contribution is -0.384. The minimum atomic E-state index is -0.906. The van der Waals surface area contributed by atoms with Gasteiger partial charge < -0.3 is 20.2 Å². The lowest BCUT2D eigenvalue weighted by Crippen LogP contribution is -2.36. The van der Waals surface area contributed by atoms with Gasteiger partial charge in [0, 0.05) is 24.4 Å². The van der Waals surface area contributed by atoms with Crippen LogP contribution in [0.2, 0.25) is 0 Å². The molecule has 3 N–H and O–H groups in total. The number of non-ortho nitro benzene ring substituents is 1. The van der Waals surface area contributed by atoms with Crippen LogP contribution in [0.1, 0.15) is 18.3 Å². The highest BCUT2D eigenvalue weighted by Gasteiger charge is 2.16. The van der Waals surface area contributed by atoms with Gasteiger partial charge in [-0.3, -0.25) is 19.7 Å². The van der Waals surface area contributed by atoms with Gasteiger partial charge in [-0.05, 0) is 30.7 Å². The van der Waals surface area contributed by atoms with Crippen molar-refractivity contribution in [1.29, 1.82) is 0 Å². The van der Waals surface area contributed by atoms with Crippen LogP contribution in [0.3, 0.4) is 0 Å². The normalized spacial score (nSPS) is 11.5. The van der Waals surface area contributed by atoms with E-state index in [0.29, 0.717) is 5.76 Å². The summed E-state index contributed by atoms with van der Waals surface area (Å²) in [6.07, 6.45) is 0.733. The number of nitro groups is 1. The number of amides is 2. The van der Waals surface area contributed by atoms with Crippen molar-refractivity contribution in [3.05, 3.63) is 58.5 Å². The maximum atomic E-state index is 11.7. The number of aliphatic hydroxyl groups excluding tert-OH is 1. The Morgan fingerprint density at radius 3 is 2.50 bits per heavy atom. The van der Waals surface area contributed by atoms with Crippen LogP contribution in [0.5, 0.6) is 0 Å². The van der Waals surface area contributed by atoms with Crippen molar-refractivity contribution in [2.45, 2.75) is 12.5 Å². The van der Waals surface area contributed by atoms with E-state index in [1.165, 1.54) is 30.5 Å². The lowest BCUT2D eigenvalue weighted by atomic mass is 10.2. The molecule has 0 fully saturated rings. The zero-order valence-corrected chi connectivity index (χ0v) is 12.5. The number of nitrogens with zero attached hydrogens (tertiary/aromatic N) is 1. The summed E-state index contributed by atoms with van der Waals surface area (Å²) in [6, 6.07) is 8.32. The Hall–Kier alpha value is -3.20. The summed E-state index contributed by atoms with van der Waals surface area (Å²) in [5.41, 5.74) is 0.140.